The van der Waals surface area contributed by atoms with Gasteiger partial charge in [-0.3, -0.25) is 0 Å². The Kier molecular flexibility index (Phi) is 3.38. The number of carboxylic acids is 1. The molecule has 0 saturated heterocycles. The molecule has 0 amide bonds. The number of carbonyl (C=O) groups is 1. The number of aliphatic hydroxyl groups is 1. The topological polar surface area (TPSA) is 57.5 Å². The minimum atomic E-state index is -0.920. The van der Waals surface area contributed by atoms with E-state index in [1.165, 1.54) is 0 Å². The van der Waals surface area contributed by atoms with E-state index in [0.29, 0.717) is 5.56 Å². The van der Waals surface area contributed by atoms with Gasteiger partial charge in [0.1, 0.15) is 0 Å². The van der Waals surface area contributed by atoms with Crippen LogP contribution in [0.1, 0.15) is 40.9 Å². The van der Waals surface area contributed by atoms with Gasteiger partial charge in [-0.2, -0.15) is 0 Å². The van der Waals surface area contributed by atoms with Crippen molar-refractivity contribution in [3.8, 4) is 0 Å². The van der Waals surface area contributed by atoms with Gasteiger partial charge in [-0.05, 0) is 36.6 Å². The average Bonchev–Trinajstić information content (AvgIpc) is 2.21. The molecule has 0 aliphatic carbocycles. The Labute approximate surface area is 95.7 Å². The van der Waals surface area contributed by atoms with Gasteiger partial charge in [0.25, 0.3) is 0 Å². The van der Waals surface area contributed by atoms with Crippen molar-refractivity contribution < 1.29 is 15.0 Å². The number of aryl methyl sites for hydroxylation is 1. The van der Waals surface area contributed by atoms with Crippen LogP contribution in [0.4, 0.5) is 0 Å². The summed E-state index contributed by atoms with van der Waals surface area (Å²) in [6.07, 6.45) is 0. The van der Waals surface area contributed by atoms with Gasteiger partial charge < -0.3 is 10.2 Å². The molecule has 1 rings (SSSR count). The molecule has 88 valence electrons. The lowest BCUT2D eigenvalue weighted by atomic mass is 9.82. The van der Waals surface area contributed by atoms with Gasteiger partial charge in [-0.15, -0.1) is 0 Å². The Hall–Kier alpha value is -1.35. The van der Waals surface area contributed by atoms with E-state index < -0.39 is 11.4 Å². The van der Waals surface area contributed by atoms with Crippen molar-refractivity contribution in [2.24, 2.45) is 0 Å². The monoisotopic (exact) mass is 222 g/mol. The normalized spacial score (nSPS) is 11.6. The zero-order chi connectivity index (χ0) is 12.5. The van der Waals surface area contributed by atoms with Crippen LogP contribution in [0, 0.1) is 13.8 Å². The van der Waals surface area contributed by atoms with Crippen LogP contribution in [-0.2, 0) is 5.41 Å². The van der Waals surface area contributed by atoms with E-state index in [9.17, 15) is 9.90 Å². The maximum absolute atomic E-state index is 11.1. The molecule has 0 unspecified atom stereocenters. The largest absolute Gasteiger partial charge is 0.478 e. The first-order valence-electron chi connectivity index (χ1n) is 5.25. The number of aromatic carboxylic acids is 1. The lowest BCUT2D eigenvalue weighted by molar-refractivity contribution is 0.0695. The smallest absolute Gasteiger partial charge is 0.335 e. The Morgan fingerprint density at radius 3 is 2.31 bits per heavy atom. The number of benzene rings is 1. The van der Waals surface area contributed by atoms with E-state index in [4.69, 9.17) is 5.11 Å². The molecule has 0 aliphatic heterocycles. The molecule has 2 N–H and O–H groups in total. The summed E-state index contributed by atoms with van der Waals surface area (Å²) in [7, 11) is 0. The lowest BCUT2D eigenvalue weighted by Crippen LogP contribution is -2.23. The molecule has 16 heavy (non-hydrogen) atoms. The quantitative estimate of drug-likeness (QED) is 0.824. The van der Waals surface area contributed by atoms with Crippen molar-refractivity contribution in [3.05, 3.63) is 34.4 Å². The van der Waals surface area contributed by atoms with E-state index in [2.05, 4.69) is 0 Å². The molecule has 3 heteroatoms. The summed E-state index contributed by atoms with van der Waals surface area (Å²) in [6.45, 7) is 7.47. The summed E-state index contributed by atoms with van der Waals surface area (Å²) in [5.41, 5.74) is 2.48. The predicted octanol–water partition coefficient (Wildman–Crippen LogP) is 2.27. The van der Waals surface area contributed by atoms with Gasteiger partial charge in [-0.1, -0.05) is 19.9 Å². The van der Waals surface area contributed by atoms with Crippen LogP contribution in [0.2, 0.25) is 0 Å². The van der Waals surface area contributed by atoms with Crippen LogP contribution in [-0.4, -0.2) is 22.8 Å². The first-order valence-corrected chi connectivity index (χ1v) is 5.25. The van der Waals surface area contributed by atoms with Gasteiger partial charge in [0.05, 0.1) is 12.2 Å². The predicted molar refractivity (Wildman–Crippen MR) is 63.0 cm³/mol. The van der Waals surface area contributed by atoms with Gasteiger partial charge in [-0.25, -0.2) is 4.79 Å². The van der Waals surface area contributed by atoms with E-state index in [-0.39, 0.29) is 6.61 Å². The zero-order valence-corrected chi connectivity index (χ0v) is 10.2. The summed E-state index contributed by atoms with van der Waals surface area (Å²) >= 11 is 0. The highest BCUT2D eigenvalue weighted by molar-refractivity contribution is 5.90. The van der Waals surface area contributed by atoms with Crippen LogP contribution in [0.15, 0.2) is 12.1 Å². The number of hydrogen-bond acceptors (Lipinski definition) is 2. The molecule has 0 heterocycles. The SMILES string of the molecule is Cc1cc(C(C)(C)CO)cc(C(=O)O)c1C. The van der Waals surface area contributed by atoms with E-state index in [1.54, 1.807) is 13.0 Å². The third kappa shape index (κ3) is 2.25. The molecule has 0 saturated carbocycles. The second-order valence-corrected chi connectivity index (χ2v) is 4.81. The fraction of sp³-hybridized carbons (Fsp3) is 0.462. The first kappa shape index (κ1) is 12.7. The molecule has 0 fully saturated rings. The minimum absolute atomic E-state index is 0.00540. The summed E-state index contributed by atoms with van der Waals surface area (Å²) in [5, 5.41) is 18.4. The first-order chi connectivity index (χ1) is 7.29. The number of rotatable bonds is 3. The Balaban J connectivity index is 3.41. The molecule has 1 aromatic rings. The molecular weight excluding hydrogens is 204 g/mol. The molecule has 0 aromatic heterocycles. The van der Waals surface area contributed by atoms with Crippen molar-refractivity contribution in [2.45, 2.75) is 33.1 Å². The van der Waals surface area contributed by atoms with Crippen LogP contribution < -0.4 is 0 Å². The maximum Gasteiger partial charge on any atom is 0.335 e. The standard InChI is InChI=1S/C13H18O3/c1-8-5-10(13(3,4)7-14)6-11(9(8)2)12(15)16/h5-6,14H,7H2,1-4H3,(H,15,16). The van der Waals surface area contributed by atoms with Crippen LogP contribution >= 0.6 is 0 Å². The van der Waals surface area contributed by atoms with E-state index >= 15 is 0 Å². The fourth-order valence-electron chi connectivity index (χ4n) is 1.56. The third-order valence-corrected chi connectivity index (χ3v) is 3.07. The van der Waals surface area contributed by atoms with E-state index in [1.807, 2.05) is 26.8 Å². The van der Waals surface area contributed by atoms with Crippen LogP contribution in [0.3, 0.4) is 0 Å². The second-order valence-electron chi connectivity index (χ2n) is 4.81. The molecule has 1 aromatic carbocycles. The van der Waals surface area contributed by atoms with Crippen molar-refractivity contribution in [3.63, 3.8) is 0 Å². The highest BCUT2D eigenvalue weighted by atomic mass is 16.4. The summed E-state index contributed by atoms with van der Waals surface area (Å²) in [6, 6.07) is 3.60. The molecule has 3 nitrogen and oxygen atoms in total. The number of carboxylic acid groups (broad SMARTS) is 1. The summed E-state index contributed by atoms with van der Waals surface area (Å²) in [4.78, 5) is 11.1. The zero-order valence-electron chi connectivity index (χ0n) is 10.2. The van der Waals surface area contributed by atoms with E-state index in [0.717, 1.165) is 16.7 Å². The number of hydrogen-bond donors (Lipinski definition) is 2. The lowest BCUT2D eigenvalue weighted by Gasteiger charge is -2.24. The molecule has 0 aliphatic rings. The van der Waals surface area contributed by atoms with Crippen molar-refractivity contribution in [1.29, 1.82) is 0 Å². The van der Waals surface area contributed by atoms with Crippen molar-refractivity contribution in [1.82, 2.24) is 0 Å². The molecule has 0 radical (unpaired) electrons. The van der Waals surface area contributed by atoms with Gasteiger partial charge >= 0.3 is 5.97 Å². The Morgan fingerprint density at radius 1 is 1.31 bits per heavy atom. The molecule has 0 bridgehead atoms. The molecule has 0 atom stereocenters. The summed E-state index contributed by atoms with van der Waals surface area (Å²) in [5.74, 6) is -0.920. The highest BCUT2D eigenvalue weighted by Crippen LogP contribution is 2.27. The summed E-state index contributed by atoms with van der Waals surface area (Å²) < 4.78 is 0. The van der Waals surface area contributed by atoms with Gasteiger partial charge in [0.15, 0.2) is 0 Å². The Bertz CT molecular complexity index is 419. The third-order valence-electron chi connectivity index (χ3n) is 3.07. The molecular formula is C13H18O3. The van der Waals surface area contributed by atoms with Gasteiger partial charge in [0, 0.05) is 5.41 Å². The highest BCUT2D eigenvalue weighted by Gasteiger charge is 2.22. The second kappa shape index (κ2) is 4.26. The van der Waals surface area contributed by atoms with Crippen LogP contribution in [0.25, 0.3) is 0 Å². The number of aliphatic hydroxyl groups excluding tert-OH is 1. The minimum Gasteiger partial charge on any atom is -0.478 e. The fourth-order valence-corrected chi connectivity index (χ4v) is 1.56. The molecule has 0 spiro atoms. The van der Waals surface area contributed by atoms with Crippen molar-refractivity contribution >= 4 is 5.97 Å². The maximum atomic E-state index is 11.1. The van der Waals surface area contributed by atoms with Crippen LogP contribution in [0.5, 0.6) is 0 Å². The average molecular weight is 222 g/mol. The van der Waals surface area contributed by atoms with Crippen molar-refractivity contribution in [2.75, 3.05) is 6.61 Å². The Morgan fingerprint density at radius 2 is 1.88 bits per heavy atom. The van der Waals surface area contributed by atoms with Gasteiger partial charge in [0.2, 0.25) is 0 Å².